The highest BCUT2D eigenvalue weighted by Gasteiger charge is 2.07. The fourth-order valence-electron chi connectivity index (χ4n) is 1.65. The van der Waals surface area contributed by atoms with Gasteiger partial charge in [0, 0.05) is 0 Å². The van der Waals surface area contributed by atoms with E-state index in [9.17, 15) is 8.42 Å². The first-order valence-electron chi connectivity index (χ1n) is 6.03. The van der Waals surface area contributed by atoms with E-state index in [0.717, 1.165) is 11.1 Å². The summed E-state index contributed by atoms with van der Waals surface area (Å²) in [5.74, 6) is 0. The summed E-state index contributed by atoms with van der Waals surface area (Å²) >= 11 is 0. The Hall–Kier alpha value is -2.17. The number of hydrogen-bond acceptors (Lipinski definition) is 2. The van der Waals surface area contributed by atoms with Crippen molar-refractivity contribution in [3.05, 3.63) is 77.9 Å². The predicted octanol–water partition coefficient (Wildman–Crippen LogP) is 3.66. The summed E-state index contributed by atoms with van der Waals surface area (Å²) in [6, 6.07) is 15.9. The summed E-state index contributed by atoms with van der Waals surface area (Å²) in [4.78, 5) is -0.102. The predicted molar refractivity (Wildman–Crippen MR) is 80.8 cm³/mol. The van der Waals surface area contributed by atoms with Crippen molar-refractivity contribution in [1.82, 2.24) is 0 Å². The lowest BCUT2D eigenvalue weighted by Gasteiger charge is -1.97. The van der Waals surface area contributed by atoms with Crippen LogP contribution in [0.5, 0.6) is 0 Å². The molecule has 0 unspecified atom stereocenters. The lowest BCUT2D eigenvalue weighted by molar-refractivity contribution is 0.483. The van der Waals surface area contributed by atoms with Crippen LogP contribution in [0, 0.1) is 0 Å². The van der Waals surface area contributed by atoms with Crippen LogP contribution in [-0.4, -0.2) is 13.0 Å². The van der Waals surface area contributed by atoms with Crippen LogP contribution in [0.3, 0.4) is 0 Å². The van der Waals surface area contributed by atoms with Crippen LogP contribution in [-0.2, 0) is 10.1 Å². The maximum atomic E-state index is 10.9. The zero-order valence-corrected chi connectivity index (χ0v) is 11.5. The molecule has 0 saturated carbocycles. The number of hydrogen-bond donors (Lipinski definition) is 1. The molecule has 20 heavy (non-hydrogen) atoms. The molecule has 0 heterocycles. The van der Waals surface area contributed by atoms with Crippen molar-refractivity contribution in [2.24, 2.45) is 0 Å². The van der Waals surface area contributed by atoms with Gasteiger partial charge in [0.25, 0.3) is 10.1 Å². The first-order chi connectivity index (χ1) is 9.55. The SMILES string of the molecule is O=S(=O)(O)c1ccc(C=CC=Cc2ccccc2)cc1. The van der Waals surface area contributed by atoms with E-state index in [1.807, 2.05) is 54.6 Å². The highest BCUT2D eigenvalue weighted by atomic mass is 32.2. The lowest BCUT2D eigenvalue weighted by atomic mass is 10.2. The van der Waals surface area contributed by atoms with Gasteiger partial charge in [-0.15, -0.1) is 0 Å². The van der Waals surface area contributed by atoms with Crippen LogP contribution >= 0.6 is 0 Å². The molecule has 0 aliphatic carbocycles. The molecule has 1 N–H and O–H groups in total. The van der Waals surface area contributed by atoms with E-state index in [1.165, 1.54) is 12.1 Å². The summed E-state index contributed by atoms with van der Waals surface area (Å²) in [5.41, 5.74) is 1.97. The average Bonchev–Trinajstić information content (AvgIpc) is 2.44. The van der Waals surface area contributed by atoms with Crippen LogP contribution in [0.1, 0.15) is 11.1 Å². The maximum absolute atomic E-state index is 10.9. The zero-order chi connectivity index (χ0) is 14.4. The van der Waals surface area contributed by atoms with Crippen LogP contribution in [0.25, 0.3) is 12.2 Å². The lowest BCUT2D eigenvalue weighted by Crippen LogP contribution is -1.96. The molecule has 2 aromatic carbocycles. The molecule has 0 fully saturated rings. The third-order valence-corrected chi connectivity index (χ3v) is 3.53. The minimum absolute atomic E-state index is 0.102. The molecule has 0 aliphatic heterocycles. The van der Waals surface area contributed by atoms with E-state index in [2.05, 4.69) is 0 Å². The largest absolute Gasteiger partial charge is 0.294 e. The van der Waals surface area contributed by atoms with Gasteiger partial charge >= 0.3 is 0 Å². The zero-order valence-electron chi connectivity index (χ0n) is 10.7. The van der Waals surface area contributed by atoms with Crippen molar-refractivity contribution in [3.8, 4) is 0 Å². The smallest absolute Gasteiger partial charge is 0.282 e. The number of allylic oxidation sites excluding steroid dienone is 2. The topological polar surface area (TPSA) is 54.4 Å². The Bertz CT molecular complexity index is 712. The van der Waals surface area contributed by atoms with Crippen molar-refractivity contribution in [3.63, 3.8) is 0 Å². The molecule has 2 rings (SSSR count). The van der Waals surface area contributed by atoms with Gasteiger partial charge in [0.2, 0.25) is 0 Å². The Kier molecular flexibility index (Phi) is 4.50. The van der Waals surface area contributed by atoms with Gasteiger partial charge in [-0.05, 0) is 23.3 Å². The molecule has 102 valence electrons. The third-order valence-electron chi connectivity index (χ3n) is 2.67. The molecular formula is C16H14O3S. The highest BCUT2D eigenvalue weighted by Crippen LogP contribution is 2.11. The first-order valence-corrected chi connectivity index (χ1v) is 7.47. The molecule has 0 amide bonds. The Labute approximate surface area is 118 Å². The quantitative estimate of drug-likeness (QED) is 0.689. The molecule has 0 radical (unpaired) electrons. The van der Waals surface area contributed by atoms with Crippen LogP contribution < -0.4 is 0 Å². The summed E-state index contributed by atoms with van der Waals surface area (Å²) in [6.07, 6.45) is 7.61. The molecule has 0 saturated heterocycles. The second kappa shape index (κ2) is 6.32. The highest BCUT2D eigenvalue weighted by molar-refractivity contribution is 7.85. The molecule has 2 aromatic rings. The number of rotatable bonds is 4. The molecule has 4 heteroatoms. The summed E-state index contributed by atoms with van der Waals surface area (Å²) in [5, 5.41) is 0. The van der Waals surface area contributed by atoms with Crippen molar-refractivity contribution in [2.75, 3.05) is 0 Å². The average molecular weight is 286 g/mol. The normalized spacial score (nSPS) is 12.2. The second-order valence-electron chi connectivity index (χ2n) is 4.17. The number of benzene rings is 2. The Balaban J connectivity index is 2.04. The van der Waals surface area contributed by atoms with Crippen LogP contribution in [0.4, 0.5) is 0 Å². The van der Waals surface area contributed by atoms with Gasteiger partial charge in [-0.1, -0.05) is 66.8 Å². The van der Waals surface area contributed by atoms with Gasteiger partial charge in [-0.3, -0.25) is 4.55 Å². The van der Waals surface area contributed by atoms with Crippen molar-refractivity contribution < 1.29 is 13.0 Å². The Morgan fingerprint density at radius 2 is 1.25 bits per heavy atom. The van der Waals surface area contributed by atoms with E-state index in [4.69, 9.17) is 4.55 Å². The molecule has 0 atom stereocenters. The van der Waals surface area contributed by atoms with Crippen molar-refractivity contribution in [2.45, 2.75) is 4.90 Å². The third kappa shape index (κ3) is 4.19. The van der Waals surface area contributed by atoms with Gasteiger partial charge in [0.05, 0.1) is 4.90 Å². The van der Waals surface area contributed by atoms with Gasteiger partial charge < -0.3 is 0 Å². The van der Waals surface area contributed by atoms with E-state index in [1.54, 1.807) is 12.1 Å². The molecule has 0 aliphatic rings. The fraction of sp³-hybridized carbons (Fsp3) is 0. The molecule has 0 aromatic heterocycles. The minimum Gasteiger partial charge on any atom is -0.282 e. The van der Waals surface area contributed by atoms with E-state index >= 15 is 0 Å². The molecule has 0 bridgehead atoms. The van der Waals surface area contributed by atoms with Crippen molar-refractivity contribution >= 4 is 22.3 Å². The van der Waals surface area contributed by atoms with E-state index < -0.39 is 10.1 Å². The monoisotopic (exact) mass is 286 g/mol. The first kappa shape index (κ1) is 14.2. The Morgan fingerprint density at radius 1 is 0.750 bits per heavy atom. The van der Waals surface area contributed by atoms with Gasteiger partial charge in [-0.2, -0.15) is 8.42 Å². The van der Waals surface area contributed by atoms with Crippen LogP contribution in [0.2, 0.25) is 0 Å². The summed E-state index contributed by atoms with van der Waals surface area (Å²) < 4.78 is 30.6. The van der Waals surface area contributed by atoms with Gasteiger partial charge in [0.15, 0.2) is 0 Å². The Morgan fingerprint density at radius 3 is 1.75 bits per heavy atom. The summed E-state index contributed by atoms with van der Waals surface area (Å²) in [6.45, 7) is 0. The minimum atomic E-state index is -4.12. The standard InChI is InChI=1S/C16H14O3S/c17-20(18,19)16-12-10-15(11-13-16)9-5-4-8-14-6-2-1-3-7-14/h1-13H,(H,17,18,19). The molecular weight excluding hydrogens is 272 g/mol. The van der Waals surface area contributed by atoms with E-state index in [0.29, 0.717) is 0 Å². The fourth-order valence-corrected chi connectivity index (χ4v) is 2.13. The van der Waals surface area contributed by atoms with Crippen LogP contribution in [0.15, 0.2) is 71.6 Å². The molecule has 0 spiro atoms. The van der Waals surface area contributed by atoms with Gasteiger partial charge in [0.1, 0.15) is 0 Å². The molecule has 3 nitrogen and oxygen atoms in total. The van der Waals surface area contributed by atoms with Crippen molar-refractivity contribution in [1.29, 1.82) is 0 Å². The maximum Gasteiger partial charge on any atom is 0.294 e. The summed E-state index contributed by atoms with van der Waals surface area (Å²) in [7, 11) is -4.12. The van der Waals surface area contributed by atoms with E-state index in [-0.39, 0.29) is 4.90 Å². The second-order valence-corrected chi connectivity index (χ2v) is 5.59. The van der Waals surface area contributed by atoms with Gasteiger partial charge in [-0.25, -0.2) is 0 Å².